The first-order valence-corrected chi connectivity index (χ1v) is 9.05. The van der Waals surface area contributed by atoms with Crippen molar-refractivity contribution < 1.29 is 14.6 Å². The third-order valence-corrected chi connectivity index (χ3v) is 5.47. The van der Waals surface area contributed by atoms with Gasteiger partial charge in [0.2, 0.25) is 0 Å². The highest BCUT2D eigenvalue weighted by molar-refractivity contribution is 9.11. The van der Waals surface area contributed by atoms with Crippen LogP contribution in [0.1, 0.15) is 23.0 Å². The molecule has 0 saturated carbocycles. The summed E-state index contributed by atoms with van der Waals surface area (Å²) in [4.78, 5) is 1.14. The number of aliphatic hydroxyl groups excluding tert-OH is 1. The molecule has 1 aliphatic rings. The molecule has 0 amide bonds. The molecule has 1 N–H and O–H groups in total. The molecular weight excluding hydrogens is 420 g/mol. The monoisotopic (exact) mass is 432 g/mol. The van der Waals surface area contributed by atoms with Crippen LogP contribution in [0.2, 0.25) is 0 Å². The van der Waals surface area contributed by atoms with Crippen LogP contribution in [0.3, 0.4) is 0 Å². The molecule has 1 atom stereocenters. The molecule has 0 radical (unpaired) electrons. The summed E-state index contributed by atoms with van der Waals surface area (Å²) in [5.74, 6) is 1.42. The van der Waals surface area contributed by atoms with Crippen molar-refractivity contribution in [2.45, 2.75) is 18.9 Å². The molecule has 112 valence electrons. The molecule has 0 saturated heterocycles. The molecule has 21 heavy (non-hydrogen) atoms. The Bertz CT molecular complexity index is 642. The lowest BCUT2D eigenvalue weighted by Gasteiger charge is -2.15. The second kappa shape index (κ2) is 6.69. The number of thiophene rings is 1. The van der Waals surface area contributed by atoms with E-state index in [1.165, 1.54) is 0 Å². The summed E-state index contributed by atoms with van der Waals surface area (Å²) in [6, 6.07) is 7.80. The van der Waals surface area contributed by atoms with Gasteiger partial charge in [0.25, 0.3) is 0 Å². The predicted octanol–water partition coefficient (Wildman–Crippen LogP) is 4.71. The molecule has 1 unspecified atom stereocenters. The fourth-order valence-electron chi connectivity index (χ4n) is 2.21. The summed E-state index contributed by atoms with van der Waals surface area (Å²) in [5.41, 5.74) is 0.829. The van der Waals surface area contributed by atoms with E-state index in [9.17, 15) is 5.11 Å². The third kappa shape index (κ3) is 3.62. The Morgan fingerprint density at radius 1 is 1.19 bits per heavy atom. The van der Waals surface area contributed by atoms with E-state index in [0.29, 0.717) is 25.4 Å². The van der Waals surface area contributed by atoms with Gasteiger partial charge in [-0.05, 0) is 61.7 Å². The molecule has 2 heterocycles. The summed E-state index contributed by atoms with van der Waals surface area (Å²) in [6.45, 7) is 1.29. The molecule has 6 heteroatoms. The van der Waals surface area contributed by atoms with Gasteiger partial charge in [-0.25, -0.2) is 0 Å². The van der Waals surface area contributed by atoms with Crippen molar-refractivity contribution in [3.05, 3.63) is 43.0 Å². The van der Waals surface area contributed by atoms with Crippen molar-refractivity contribution in [1.29, 1.82) is 0 Å². The van der Waals surface area contributed by atoms with Gasteiger partial charge in [-0.3, -0.25) is 0 Å². The number of benzene rings is 1. The van der Waals surface area contributed by atoms with Gasteiger partial charge in [0.05, 0.1) is 27.6 Å². The molecule has 3 nitrogen and oxygen atoms in total. The van der Waals surface area contributed by atoms with E-state index >= 15 is 0 Å². The number of ether oxygens (including phenoxy) is 2. The standard InChI is InChI=1S/C15H14Br2O3S/c16-11-6-9(7-13-15(11)20-5-1-4-19-13)12(18)8-10-2-3-14(17)21-10/h2-3,6-7,12,18H,1,4-5,8H2. The highest BCUT2D eigenvalue weighted by Gasteiger charge is 2.19. The minimum absolute atomic E-state index is 0.566. The van der Waals surface area contributed by atoms with Crippen molar-refractivity contribution in [1.82, 2.24) is 0 Å². The molecular formula is C15H14Br2O3S. The Kier molecular flexibility index (Phi) is 4.88. The molecule has 1 aliphatic heterocycles. The first-order valence-electron chi connectivity index (χ1n) is 6.65. The lowest BCUT2D eigenvalue weighted by atomic mass is 10.1. The Morgan fingerprint density at radius 2 is 2.00 bits per heavy atom. The van der Waals surface area contributed by atoms with Crippen molar-refractivity contribution in [3.63, 3.8) is 0 Å². The lowest BCUT2D eigenvalue weighted by molar-refractivity contribution is 0.178. The quantitative estimate of drug-likeness (QED) is 0.761. The second-order valence-electron chi connectivity index (χ2n) is 4.81. The van der Waals surface area contributed by atoms with Crippen molar-refractivity contribution in [2.24, 2.45) is 0 Å². The normalized spacial score (nSPS) is 15.6. The number of hydrogen-bond acceptors (Lipinski definition) is 4. The summed E-state index contributed by atoms with van der Waals surface area (Å²) in [7, 11) is 0. The second-order valence-corrected chi connectivity index (χ2v) is 8.21. The largest absolute Gasteiger partial charge is 0.490 e. The van der Waals surface area contributed by atoms with Crippen LogP contribution < -0.4 is 9.47 Å². The zero-order valence-corrected chi connectivity index (χ0v) is 15.1. The average Bonchev–Trinajstić information content (AvgIpc) is 2.72. The van der Waals surface area contributed by atoms with E-state index in [0.717, 1.165) is 30.9 Å². The minimum atomic E-state index is -0.566. The van der Waals surface area contributed by atoms with Crippen molar-refractivity contribution in [2.75, 3.05) is 13.2 Å². The Labute approximate surface area is 144 Å². The van der Waals surface area contributed by atoms with E-state index in [1.807, 2.05) is 24.3 Å². The lowest BCUT2D eigenvalue weighted by Crippen LogP contribution is -2.02. The Morgan fingerprint density at radius 3 is 2.76 bits per heavy atom. The number of rotatable bonds is 3. The van der Waals surface area contributed by atoms with Gasteiger partial charge in [0.15, 0.2) is 11.5 Å². The van der Waals surface area contributed by atoms with Crippen LogP contribution in [0.15, 0.2) is 32.5 Å². The zero-order valence-electron chi connectivity index (χ0n) is 11.1. The highest BCUT2D eigenvalue weighted by Crippen LogP contribution is 2.40. The van der Waals surface area contributed by atoms with E-state index < -0.39 is 6.10 Å². The third-order valence-electron chi connectivity index (χ3n) is 3.23. The molecule has 0 aliphatic carbocycles. The molecule has 0 fully saturated rings. The van der Waals surface area contributed by atoms with Crippen molar-refractivity contribution in [3.8, 4) is 11.5 Å². The smallest absolute Gasteiger partial charge is 0.175 e. The number of fused-ring (bicyclic) bond motifs is 1. The van der Waals surface area contributed by atoms with Gasteiger partial charge >= 0.3 is 0 Å². The summed E-state index contributed by atoms with van der Waals surface area (Å²) >= 11 is 8.58. The van der Waals surface area contributed by atoms with E-state index in [4.69, 9.17) is 9.47 Å². The van der Waals surface area contributed by atoms with Crippen LogP contribution in [0.5, 0.6) is 11.5 Å². The van der Waals surface area contributed by atoms with E-state index in [1.54, 1.807) is 11.3 Å². The summed E-state index contributed by atoms with van der Waals surface area (Å²) in [5, 5.41) is 10.5. The maximum Gasteiger partial charge on any atom is 0.175 e. The molecule has 0 bridgehead atoms. The van der Waals surface area contributed by atoms with Crippen LogP contribution in [0, 0.1) is 0 Å². The molecule has 3 rings (SSSR count). The molecule has 1 aromatic carbocycles. The van der Waals surface area contributed by atoms with Gasteiger partial charge in [0, 0.05) is 17.7 Å². The highest BCUT2D eigenvalue weighted by atomic mass is 79.9. The van der Waals surface area contributed by atoms with Crippen molar-refractivity contribution >= 4 is 43.2 Å². The average molecular weight is 434 g/mol. The fraction of sp³-hybridized carbons (Fsp3) is 0.333. The summed E-state index contributed by atoms with van der Waals surface area (Å²) < 4.78 is 13.3. The van der Waals surface area contributed by atoms with E-state index in [2.05, 4.69) is 31.9 Å². The maximum atomic E-state index is 10.5. The zero-order chi connectivity index (χ0) is 14.8. The molecule has 0 spiro atoms. The Hall–Kier alpha value is -0.560. The number of hydrogen-bond donors (Lipinski definition) is 1. The van der Waals surface area contributed by atoms with Crippen LogP contribution >= 0.6 is 43.2 Å². The van der Waals surface area contributed by atoms with Gasteiger partial charge in [-0.1, -0.05) is 0 Å². The maximum absolute atomic E-state index is 10.5. The number of halogens is 2. The van der Waals surface area contributed by atoms with Crippen LogP contribution in [0.25, 0.3) is 0 Å². The minimum Gasteiger partial charge on any atom is -0.490 e. The fourth-order valence-corrected chi connectivity index (χ4v) is 4.31. The molecule has 1 aromatic heterocycles. The van der Waals surface area contributed by atoms with E-state index in [-0.39, 0.29) is 0 Å². The first kappa shape index (κ1) is 15.3. The van der Waals surface area contributed by atoms with Gasteiger partial charge in [-0.2, -0.15) is 0 Å². The number of aliphatic hydroxyl groups is 1. The topological polar surface area (TPSA) is 38.7 Å². The van der Waals surface area contributed by atoms with Crippen LogP contribution in [-0.4, -0.2) is 18.3 Å². The molecule has 2 aromatic rings. The summed E-state index contributed by atoms with van der Waals surface area (Å²) in [6.07, 6.45) is 0.883. The van der Waals surface area contributed by atoms with Crippen LogP contribution in [0.4, 0.5) is 0 Å². The van der Waals surface area contributed by atoms with Gasteiger partial charge in [0.1, 0.15) is 0 Å². The predicted molar refractivity (Wildman–Crippen MR) is 90.4 cm³/mol. The van der Waals surface area contributed by atoms with Crippen LogP contribution in [-0.2, 0) is 6.42 Å². The van der Waals surface area contributed by atoms with Gasteiger partial charge in [-0.15, -0.1) is 11.3 Å². The SMILES string of the molecule is OC(Cc1ccc(Br)s1)c1cc(Br)c2c(c1)OCCCO2. The Balaban J connectivity index is 1.84. The first-order chi connectivity index (χ1) is 10.1. The van der Waals surface area contributed by atoms with Gasteiger partial charge < -0.3 is 14.6 Å².